The van der Waals surface area contributed by atoms with Gasteiger partial charge in [-0.1, -0.05) is 121 Å². The van der Waals surface area contributed by atoms with Gasteiger partial charge in [0.05, 0.1) is 0 Å². The van der Waals surface area contributed by atoms with E-state index >= 15 is 0 Å². The van der Waals surface area contributed by atoms with Crippen molar-refractivity contribution in [2.75, 3.05) is 0 Å². The first-order valence-electron chi connectivity index (χ1n) is 12.8. The summed E-state index contributed by atoms with van der Waals surface area (Å²) in [6.45, 7) is 0. The van der Waals surface area contributed by atoms with Gasteiger partial charge in [-0.25, -0.2) is 0 Å². The Bertz CT molecular complexity index is 1970. The highest BCUT2D eigenvalue weighted by Gasteiger charge is 2.19. The molecule has 0 radical (unpaired) electrons. The van der Waals surface area contributed by atoms with E-state index in [0.717, 1.165) is 12.8 Å². The van der Waals surface area contributed by atoms with Gasteiger partial charge >= 0.3 is 0 Å². The maximum absolute atomic E-state index is 2.41. The fourth-order valence-electron chi connectivity index (χ4n) is 6.56. The molecule has 0 amide bonds. The van der Waals surface area contributed by atoms with Crippen molar-refractivity contribution in [1.82, 2.24) is 0 Å². The largest absolute Gasteiger partial charge is 0.0763 e. The second kappa shape index (κ2) is 7.54. The topological polar surface area (TPSA) is 0 Å². The molecule has 8 rings (SSSR count). The van der Waals surface area contributed by atoms with E-state index in [-0.39, 0.29) is 0 Å². The summed E-state index contributed by atoms with van der Waals surface area (Å²) in [7, 11) is 0. The molecule has 36 heavy (non-hydrogen) atoms. The van der Waals surface area contributed by atoms with Crippen LogP contribution < -0.4 is 5.22 Å². The maximum Gasteiger partial charge on any atom is -0.00201 e. The van der Waals surface area contributed by atoms with E-state index in [1.807, 2.05) is 0 Å². The Morgan fingerprint density at radius 3 is 1.81 bits per heavy atom. The van der Waals surface area contributed by atoms with Crippen LogP contribution in [0.25, 0.3) is 71.4 Å². The van der Waals surface area contributed by atoms with Crippen LogP contribution in [0.3, 0.4) is 0 Å². The molecule has 0 unspecified atom stereocenters. The van der Waals surface area contributed by atoms with Crippen LogP contribution in [-0.2, 0) is 6.42 Å². The lowest BCUT2D eigenvalue weighted by Crippen LogP contribution is -2.10. The lowest BCUT2D eigenvalue weighted by Gasteiger charge is -2.20. The minimum Gasteiger partial charge on any atom is -0.0763 e. The van der Waals surface area contributed by atoms with Crippen LogP contribution in [0, 0.1) is 0 Å². The third-order valence-electron chi connectivity index (χ3n) is 8.07. The molecule has 0 N–H and O–H groups in total. The van der Waals surface area contributed by atoms with Gasteiger partial charge in [0.25, 0.3) is 0 Å². The van der Waals surface area contributed by atoms with Gasteiger partial charge in [-0.05, 0) is 89.0 Å². The quantitative estimate of drug-likeness (QED) is 0.228. The maximum atomic E-state index is 2.41. The highest BCUT2D eigenvalue weighted by atomic mass is 14.2. The number of hydrogen-bond acceptors (Lipinski definition) is 0. The zero-order chi connectivity index (χ0) is 23.6. The van der Waals surface area contributed by atoms with Crippen molar-refractivity contribution in [2.45, 2.75) is 12.8 Å². The molecule has 0 nitrogen and oxygen atoms in total. The van der Waals surface area contributed by atoms with Gasteiger partial charge in [-0.3, -0.25) is 0 Å². The van der Waals surface area contributed by atoms with Gasteiger partial charge in [0, 0.05) is 0 Å². The summed E-state index contributed by atoms with van der Waals surface area (Å²) in [5, 5.41) is 12.2. The molecule has 1 aliphatic rings. The van der Waals surface area contributed by atoms with E-state index in [9.17, 15) is 0 Å². The Morgan fingerprint density at radius 1 is 0.444 bits per heavy atom. The summed E-state index contributed by atoms with van der Waals surface area (Å²) >= 11 is 0. The molecule has 0 saturated carbocycles. The average Bonchev–Trinajstić information content (AvgIpc) is 2.95. The Balaban J connectivity index is 1.58. The van der Waals surface area contributed by atoms with Crippen LogP contribution in [-0.4, -0.2) is 0 Å². The third kappa shape index (κ3) is 2.70. The zero-order valence-corrected chi connectivity index (χ0v) is 20.0. The van der Waals surface area contributed by atoms with E-state index in [0.29, 0.717) is 0 Å². The number of rotatable bonds is 2. The minimum atomic E-state index is 1.13. The molecular formula is C36H24. The van der Waals surface area contributed by atoms with Gasteiger partial charge in [0.2, 0.25) is 0 Å². The fraction of sp³-hybridized carbons (Fsp3) is 0.0556. The monoisotopic (exact) mass is 456 g/mol. The van der Waals surface area contributed by atoms with Gasteiger partial charge in [-0.15, -0.1) is 0 Å². The molecule has 0 fully saturated rings. The Labute approximate surface area is 210 Å². The van der Waals surface area contributed by atoms with E-state index in [1.54, 1.807) is 0 Å². The molecule has 0 aliphatic heterocycles. The second-order valence-corrected chi connectivity index (χ2v) is 9.96. The minimum absolute atomic E-state index is 1.13. The van der Waals surface area contributed by atoms with Gasteiger partial charge in [-0.2, -0.15) is 0 Å². The van der Waals surface area contributed by atoms with Gasteiger partial charge < -0.3 is 0 Å². The lowest BCUT2D eigenvalue weighted by molar-refractivity contribution is 1.04. The van der Waals surface area contributed by atoms with Gasteiger partial charge in [0.15, 0.2) is 0 Å². The molecule has 0 heterocycles. The smallest absolute Gasteiger partial charge is 0.00201 e. The number of fused-ring (bicyclic) bond motifs is 2. The van der Waals surface area contributed by atoms with Crippen molar-refractivity contribution >= 4 is 49.2 Å². The van der Waals surface area contributed by atoms with Gasteiger partial charge in [0.1, 0.15) is 0 Å². The van der Waals surface area contributed by atoms with Crippen molar-refractivity contribution in [3.63, 3.8) is 0 Å². The van der Waals surface area contributed by atoms with Crippen molar-refractivity contribution in [2.24, 2.45) is 0 Å². The summed E-state index contributed by atoms with van der Waals surface area (Å²) in [4.78, 5) is 0. The van der Waals surface area contributed by atoms with Crippen LogP contribution in [0.2, 0.25) is 0 Å². The molecule has 0 aromatic heterocycles. The van der Waals surface area contributed by atoms with Crippen molar-refractivity contribution in [1.29, 1.82) is 0 Å². The van der Waals surface area contributed by atoms with Crippen LogP contribution in [0.4, 0.5) is 0 Å². The first kappa shape index (κ1) is 19.8. The third-order valence-corrected chi connectivity index (χ3v) is 8.07. The first-order valence-corrected chi connectivity index (χ1v) is 12.8. The van der Waals surface area contributed by atoms with Crippen LogP contribution >= 0.6 is 0 Å². The molecule has 168 valence electrons. The summed E-state index contributed by atoms with van der Waals surface area (Å²) < 4.78 is 0. The molecule has 0 saturated heterocycles. The molecule has 0 atom stereocenters. The highest BCUT2D eigenvalue weighted by molar-refractivity contribution is 6.26. The molecule has 7 aromatic rings. The SMILES string of the molecule is C1=c2ccc3c(-c4c5ccccc5c(-c5ccccc5)c5ccccc45)ccc4ccc(c2c43)CC1. The second-order valence-electron chi connectivity index (χ2n) is 9.96. The fourth-order valence-corrected chi connectivity index (χ4v) is 6.56. The summed E-state index contributed by atoms with van der Waals surface area (Å²) in [6.07, 6.45) is 4.67. The van der Waals surface area contributed by atoms with E-state index < -0.39 is 0 Å². The standard InChI is InChI=1S/C36H24/c1-2-9-23(10-3-1)34-27-13-4-6-15-29(27)36(30-16-7-5-14-28(30)34)32-22-20-26-18-17-24-11-8-12-25-19-21-31(32)35(26)33(24)25/h1-7,9-10,12-22H,8,11H2. The molecule has 0 heteroatoms. The number of hydrogen-bond donors (Lipinski definition) is 0. The average molecular weight is 457 g/mol. The van der Waals surface area contributed by atoms with E-state index in [4.69, 9.17) is 0 Å². The Morgan fingerprint density at radius 2 is 1.08 bits per heavy atom. The summed E-state index contributed by atoms with van der Waals surface area (Å²) in [5.74, 6) is 0. The summed E-state index contributed by atoms with van der Waals surface area (Å²) in [6, 6.07) is 42.8. The molecule has 0 bridgehead atoms. The zero-order valence-electron chi connectivity index (χ0n) is 20.0. The molecular weight excluding hydrogens is 432 g/mol. The number of benzene rings is 7. The van der Waals surface area contributed by atoms with Crippen molar-refractivity contribution in [3.05, 3.63) is 126 Å². The van der Waals surface area contributed by atoms with Crippen molar-refractivity contribution in [3.8, 4) is 22.3 Å². The normalized spacial score (nSPS) is 13.0. The first-order chi connectivity index (χ1) is 17.9. The predicted octanol–water partition coefficient (Wildman–Crippen LogP) is 9.08. The predicted molar refractivity (Wildman–Crippen MR) is 155 cm³/mol. The Hall–Kier alpha value is -4.42. The van der Waals surface area contributed by atoms with Crippen molar-refractivity contribution < 1.29 is 0 Å². The summed E-state index contributed by atoms with van der Waals surface area (Å²) in [5.41, 5.74) is 6.72. The molecule has 7 aromatic carbocycles. The van der Waals surface area contributed by atoms with Crippen LogP contribution in [0.5, 0.6) is 0 Å². The van der Waals surface area contributed by atoms with E-state index in [1.165, 1.54) is 76.1 Å². The van der Waals surface area contributed by atoms with Crippen LogP contribution in [0.1, 0.15) is 12.0 Å². The Kier molecular flexibility index (Phi) is 4.15. The highest BCUT2D eigenvalue weighted by Crippen LogP contribution is 2.46. The van der Waals surface area contributed by atoms with Crippen LogP contribution in [0.15, 0.2) is 115 Å². The molecule has 0 spiro atoms. The number of aryl methyl sites for hydroxylation is 1. The van der Waals surface area contributed by atoms with E-state index in [2.05, 4.69) is 121 Å². The molecule has 1 aliphatic carbocycles. The lowest BCUT2D eigenvalue weighted by atomic mass is 9.83.